The zero-order valence-corrected chi connectivity index (χ0v) is 8.21. The van der Waals surface area contributed by atoms with Crippen LogP contribution in [0.3, 0.4) is 0 Å². The summed E-state index contributed by atoms with van der Waals surface area (Å²) in [5.74, 6) is 1.28. The maximum absolute atomic E-state index is 5.72. The molecule has 0 aromatic carbocycles. The highest BCUT2D eigenvalue weighted by Crippen LogP contribution is 2.17. The summed E-state index contributed by atoms with van der Waals surface area (Å²) in [5.41, 5.74) is 5.72. The molecule has 2 rings (SSSR count). The molecule has 0 aliphatic carbocycles. The molecule has 80 valence electrons. The van der Waals surface area contributed by atoms with Crippen LogP contribution in [0.15, 0.2) is 27.3 Å². The van der Waals surface area contributed by atoms with Gasteiger partial charge in [-0.15, -0.1) is 0 Å². The molecule has 2 N–H and O–H groups in total. The van der Waals surface area contributed by atoms with Crippen LogP contribution in [-0.2, 0) is 4.74 Å². The fraction of sp³-hybridized carbons (Fsp3) is 0.333. The van der Waals surface area contributed by atoms with Gasteiger partial charge < -0.3 is 19.4 Å². The summed E-state index contributed by atoms with van der Waals surface area (Å²) < 4.78 is 15.0. The van der Waals surface area contributed by atoms with E-state index in [9.17, 15) is 0 Å². The fourth-order valence-corrected chi connectivity index (χ4v) is 1.14. The molecule has 0 aliphatic heterocycles. The van der Waals surface area contributed by atoms with E-state index in [1.165, 1.54) is 0 Å². The van der Waals surface area contributed by atoms with Gasteiger partial charge >= 0.3 is 0 Å². The second kappa shape index (κ2) is 4.24. The topological polar surface area (TPSA) is 87.3 Å². The van der Waals surface area contributed by atoms with E-state index in [1.54, 1.807) is 25.5 Å². The van der Waals surface area contributed by atoms with E-state index in [0.717, 1.165) is 0 Å². The lowest BCUT2D eigenvalue weighted by Gasteiger charge is -2.02. The quantitative estimate of drug-likeness (QED) is 0.807. The Morgan fingerprint density at radius 2 is 2.47 bits per heavy atom. The molecule has 0 spiro atoms. The number of hydrogen-bond acceptors (Lipinski definition) is 6. The lowest BCUT2D eigenvalue weighted by molar-refractivity contribution is 0.166. The minimum atomic E-state index is -0.411. The highest BCUT2D eigenvalue weighted by Gasteiger charge is 2.16. The second-order valence-electron chi connectivity index (χ2n) is 3.00. The van der Waals surface area contributed by atoms with Crippen molar-refractivity contribution in [1.29, 1.82) is 0 Å². The van der Waals surface area contributed by atoms with Crippen molar-refractivity contribution in [2.24, 2.45) is 5.73 Å². The van der Waals surface area contributed by atoms with Gasteiger partial charge in [0.2, 0.25) is 11.7 Å². The van der Waals surface area contributed by atoms with Gasteiger partial charge in [0.15, 0.2) is 5.76 Å². The van der Waals surface area contributed by atoms with E-state index in [4.69, 9.17) is 19.4 Å². The summed E-state index contributed by atoms with van der Waals surface area (Å²) >= 11 is 0. The van der Waals surface area contributed by atoms with Gasteiger partial charge in [0, 0.05) is 7.11 Å². The molecule has 0 fully saturated rings. The molecule has 2 aromatic heterocycles. The predicted octanol–water partition coefficient (Wildman–Crippen LogP) is 0.976. The Hall–Kier alpha value is -1.66. The van der Waals surface area contributed by atoms with Gasteiger partial charge in [0.1, 0.15) is 6.04 Å². The van der Waals surface area contributed by atoms with Crippen molar-refractivity contribution in [2.75, 3.05) is 13.7 Å². The molecule has 1 unspecified atom stereocenters. The summed E-state index contributed by atoms with van der Waals surface area (Å²) in [6.45, 7) is 0.333. The van der Waals surface area contributed by atoms with Gasteiger partial charge in [-0.1, -0.05) is 5.16 Å². The Kier molecular flexibility index (Phi) is 2.79. The lowest BCUT2D eigenvalue weighted by atomic mass is 10.3. The number of methoxy groups -OCH3 is 1. The van der Waals surface area contributed by atoms with Crippen molar-refractivity contribution in [3.63, 3.8) is 0 Å². The third-order valence-electron chi connectivity index (χ3n) is 1.85. The molecule has 15 heavy (non-hydrogen) atoms. The first-order valence-corrected chi connectivity index (χ1v) is 4.43. The van der Waals surface area contributed by atoms with Crippen molar-refractivity contribution in [2.45, 2.75) is 6.04 Å². The van der Waals surface area contributed by atoms with Gasteiger partial charge in [-0.3, -0.25) is 0 Å². The molecular formula is C9H11N3O3. The van der Waals surface area contributed by atoms with Crippen LogP contribution in [0.5, 0.6) is 0 Å². The fourth-order valence-electron chi connectivity index (χ4n) is 1.14. The number of rotatable bonds is 4. The number of aromatic nitrogens is 2. The van der Waals surface area contributed by atoms with Gasteiger partial charge in [-0.05, 0) is 12.1 Å². The zero-order chi connectivity index (χ0) is 10.7. The van der Waals surface area contributed by atoms with Crippen LogP contribution >= 0.6 is 0 Å². The first kappa shape index (κ1) is 9.88. The average Bonchev–Trinajstić information content (AvgIpc) is 2.89. The van der Waals surface area contributed by atoms with Crippen molar-refractivity contribution in [3.8, 4) is 11.6 Å². The Morgan fingerprint density at radius 1 is 1.60 bits per heavy atom. The van der Waals surface area contributed by atoms with E-state index in [-0.39, 0.29) is 0 Å². The minimum absolute atomic E-state index is 0.333. The highest BCUT2D eigenvalue weighted by atomic mass is 16.5. The number of furan rings is 1. The molecule has 0 saturated carbocycles. The predicted molar refractivity (Wildman–Crippen MR) is 50.8 cm³/mol. The van der Waals surface area contributed by atoms with Crippen molar-refractivity contribution in [1.82, 2.24) is 10.1 Å². The molecular weight excluding hydrogens is 198 g/mol. The molecule has 0 amide bonds. The number of ether oxygens (including phenoxy) is 1. The van der Waals surface area contributed by atoms with Gasteiger partial charge in [-0.25, -0.2) is 0 Å². The Morgan fingerprint density at radius 3 is 3.13 bits per heavy atom. The van der Waals surface area contributed by atoms with Crippen LogP contribution in [0.1, 0.15) is 11.9 Å². The Balaban J connectivity index is 2.17. The van der Waals surface area contributed by atoms with E-state index in [1.807, 2.05) is 0 Å². The molecule has 2 heterocycles. The van der Waals surface area contributed by atoms with Crippen molar-refractivity contribution >= 4 is 0 Å². The molecule has 1 atom stereocenters. The van der Waals surface area contributed by atoms with Crippen LogP contribution in [0.25, 0.3) is 11.6 Å². The van der Waals surface area contributed by atoms with E-state index >= 15 is 0 Å². The lowest BCUT2D eigenvalue weighted by Crippen LogP contribution is -2.16. The van der Waals surface area contributed by atoms with E-state index in [2.05, 4.69) is 10.1 Å². The van der Waals surface area contributed by atoms with Crippen LogP contribution in [0.2, 0.25) is 0 Å². The average molecular weight is 209 g/mol. The molecule has 6 heteroatoms. The second-order valence-corrected chi connectivity index (χ2v) is 3.00. The molecule has 0 saturated heterocycles. The Labute approximate surface area is 86.0 Å². The summed E-state index contributed by atoms with van der Waals surface area (Å²) in [5, 5.41) is 3.75. The largest absolute Gasteiger partial charge is 0.461 e. The molecule has 2 aromatic rings. The third kappa shape index (κ3) is 2.05. The Bertz CT molecular complexity index is 410. The van der Waals surface area contributed by atoms with Gasteiger partial charge in [-0.2, -0.15) is 4.98 Å². The van der Waals surface area contributed by atoms with Gasteiger partial charge in [0.25, 0.3) is 0 Å². The number of hydrogen-bond donors (Lipinski definition) is 1. The molecule has 0 radical (unpaired) electrons. The smallest absolute Gasteiger partial charge is 0.246 e. The number of nitrogens with zero attached hydrogens (tertiary/aromatic N) is 2. The third-order valence-corrected chi connectivity index (χ3v) is 1.85. The van der Waals surface area contributed by atoms with Crippen LogP contribution in [-0.4, -0.2) is 23.9 Å². The normalized spacial score (nSPS) is 12.9. The first-order chi connectivity index (χ1) is 7.31. The molecule has 0 aliphatic rings. The SMILES string of the molecule is COCC(N)c1nc(-c2ccco2)no1. The summed E-state index contributed by atoms with van der Waals surface area (Å²) in [6, 6.07) is 3.09. The van der Waals surface area contributed by atoms with E-state index in [0.29, 0.717) is 24.1 Å². The maximum atomic E-state index is 5.72. The zero-order valence-electron chi connectivity index (χ0n) is 8.21. The summed E-state index contributed by atoms with van der Waals surface area (Å²) in [6.07, 6.45) is 1.54. The van der Waals surface area contributed by atoms with Crippen LogP contribution < -0.4 is 5.73 Å². The summed E-state index contributed by atoms with van der Waals surface area (Å²) in [7, 11) is 1.56. The van der Waals surface area contributed by atoms with Crippen molar-refractivity contribution in [3.05, 3.63) is 24.3 Å². The number of nitrogens with two attached hydrogens (primary N) is 1. The van der Waals surface area contributed by atoms with E-state index < -0.39 is 6.04 Å². The highest BCUT2D eigenvalue weighted by molar-refractivity contribution is 5.44. The standard InChI is InChI=1S/C9H11N3O3/c1-13-5-6(10)9-11-8(12-15-9)7-3-2-4-14-7/h2-4,6H,5,10H2,1H3. The molecule has 0 bridgehead atoms. The minimum Gasteiger partial charge on any atom is -0.461 e. The van der Waals surface area contributed by atoms with Crippen LogP contribution in [0.4, 0.5) is 0 Å². The monoisotopic (exact) mass is 209 g/mol. The first-order valence-electron chi connectivity index (χ1n) is 4.43. The molecule has 6 nitrogen and oxygen atoms in total. The van der Waals surface area contributed by atoms with Crippen molar-refractivity contribution < 1.29 is 13.7 Å². The maximum Gasteiger partial charge on any atom is 0.246 e. The summed E-state index contributed by atoms with van der Waals surface area (Å²) in [4.78, 5) is 4.09. The van der Waals surface area contributed by atoms with Crippen LogP contribution in [0, 0.1) is 0 Å². The van der Waals surface area contributed by atoms with Gasteiger partial charge in [0.05, 0.1) is 12.9 Å².